The predicted molar refractivity (Wildman–Crippen MR) is 60.7 cm³/mol. The van der Waals surface area contributed by atoms with Crippen LogP contribution >= 0.6 is 11.6 Å². The molecule has 0 spiro atoms. The Balaban J connectivity index is 2.71. The number of methoxy groups -OCH3 is 1. The van der Waals surface area contributed by atoms with Crippen molar-refractivity contribution in [2.75, 3.05) is 20.3 Å². The van der Waals surface area contributed by atoms with Crippen LogP contribution in [0.15, 0.2) is 12.1 Å². The van der Waals surface area contributed by atoms with Gasteiger partial charge in [-0.25, -0.2) is 4.98 Å². The van der Waals surface area contributed by atoms with E-state index in [-0.39, 0.29) is 0 Å². The molecule has 0 saturated heterocycles. The topological polar surface area (TPSA) is 31.4 Å². The average Bonchev–Trinajstić information content (AvgIpc) is 2.17. The van der Waals surface area contributed by atoms with Gasteiger partial charge in [-0.2, -0.15) is 0 Å². The molecule has 3 nitrogen and oxygen atoms in total. The summed E-state index contributed by atoms with van der Waals surface area (Å²) in [5.41, 5.74) is 1.13. The van der Waals surface area contributed by atoms with Gasteiger partial charge >= 0.3 is 0 Å². The quantitative estimate of drug-likeness (QED) is 0.575. The fraction of sp³-hybridized carbons (Fsp3) is 0.545. The van der Waals surface area contributed by atoms with Crippen molar-refractivity contribution >= 4 is 11.6 Å². The molecule has 84 valence electrons. The highest BCUT2D eigenvalue weighted by atomic mass is 35.5. The van der Waals surface area contributed by atoms with Gasteiger partial charge < -0.3 is 9.47 Å². The van der Waals surface area contributed by atoms with Gasteiger partial charge in [0.25, 0.3) is 0 Å². The monoisotopic (exact) mass is 229 g/mol. The molecule has 0 aliphatic rings. The van der Waals surface area contributed by atoms with Crippen LogP contribution in [0.3, 0.4) is 0 Å². The van der Waals surface area contributed by atoms with Gasteiger partial charge in [0, 0.05) is 13.2 Å². The summed E-state index contributed by atoms with van der Waals surface area (Å²) >= 11 is 5.88. The molecule has 1 aromatic heterocycles. The maximum absolute atomic E-state index is 5.88. The number of pyridine rings is 1. The fourth-order valence-electron chi connectivity index (χ4n) is 1.13. The molecule has 0 unspecified atom stereocenters. The number of ether oxygens (including phenoxy) is 2. The molecule has 4 heteroatoms. The van der Waals surface area contributed by atoms with Gasteiger partial charge in [0.2, 0.25) is 5.88 Å². The predicted octanol–water partition coefficient (Wildman–Crippen LogP) is 2.88. The van der Waals surface area contributed by atoms with E-state index < -0.39 is 0 Å². The number of hydrogen-bond acceptors (Lipinski definition) is 3. The number of aromatic nitrogens is 1. The lowest BCUT2D eigenvalue weighted by Crippen LogP contribution is -2.06. The first-order valence-electron chi connectivity index (χ1n) is 4.92. The van der Waals surface area contributed by atoms with Crippen LogP contribution in [0.1, 0.15) is 25.3 Å². The molecule has 0 bridgehead atoms. The highest BCUT2D eigenvalue weighted by Crippen LogP contribution is 2.22. The molecule has 0 fully saturated rings. The van der Waals surface area contributed by atoms with Crippen LogP contribution in [-0.4, -0.2) is 25.3 Å². The summed E-state index contributed by atoms with van der Waals surface area (Å²) < 4.78 is 10.3. The zero-order valence-electron chi connectivity index (χ0n) is 9.29. The summed E-state index contributed by atoms with van der Waals surface area (Å²) in [6.07, 6.45) is 0. The summed E-state index contributed by atoms with van der Waals surface area (Å²) in [4.78, 5) is 4.08. The van der Waals surface area contributed by atoms with E-state index in [9.17, 15) is 0 Å². The highest BCUT2D eigenvalue weighted by molar-refractivity contribution is 6.29. The lowest BCUT2D eigenvalue weighted by Gasteiger charge is -2.09. The van der Waals surface area contributed by atoms with E-state index in [1.807, 2.05) is 12.1 Å². The largest absolute Gasteiger partial charge is 0.475 e. The second kappa shape index (κ2) is 5.93. The molecule has 0 aliphatic carbocycles. The van der Waals surface area contributed by atoms with Crippen LogP contribution in [-0.2, 0) is 4.74 Å². The summed E-state index contributed by atoms with van der Waals surface area (Å²) in [5.74, 6) is 0.971. The SMILES string of the molecule is COCCOc1cc(C(C)C)cc(Cl)n1. The van der Waals surface area contributed by atoms with Crippen molar-refractivity contribution in [3.63, 3.8) is 0 Å². The Bertz CT molecular complexity index is 315. The maximum atomic E-state index is 5.88. The first-order chi connectivity index (χ1) is 7.13. The van der Waals surface area contributed by atoms with Crippen molar-refractivity contribution in [3.8, 4) is 5.88 Å². The molecule has 1 aromatic rings. The summed E-state index contributed by atoms with van der Waals surface area (Å²) in [5, 5.41) is 0.466. The molecule has 0 N–H and O–H groups in total. The first kappa shape index (κ1) is 12.3. The van der Waals surface area contributed by atoms with Crippen molar-refractivity contribution in [1.82, 2.24) is 4.98 Å². The van der Waals surface area contributed by atoms with Gasteiger partial charge in [0.15, 0.2) is 0 Å². The zero-order valence-corrected chi connectivity index (χ0v) is 10.0. The first-order valence-corrected chi connectivity index (χ1v) is 5.30. The van der Waals surface area contributed by atoms with Gasteiger partial charge in [-0.1, -0.05) is 25.4 Å². The number of hydrogen-bond donors (Lipinski definition) is 0. The average molecular weight is 230 g/mol. The highest BCUT2D eigenvalue weighted by Gasteiger charge is 2.05. The molecule has 1 heterocycles. The molecule has 0 aromatic carbocycles. The Hall–Kier alpha value is -0.800. The van der Waals surface area contributed by atoms with E-state index in [4.69, 9.17) is 21.1 Å². The lowest BCUT2D eigenvalue weighted by molar-refractivity contribution is 0.143. The van der Waals surface area contributed by atoms with E-state index in [0.29, 0.717) is 30.2 Å². The maximum Gasteiger partial charge on any atom is 0.214 e. The van der Waals surface area contributed by atoms with Crippen LogP contribution in [0.5, 0.6) is 5.88 Å². The van der Waals surface area contributed by atoms with Crippen LogP contribution in [0, 0.1) is 0 Å². The summed E-state index contributed by atoms with van der Waals surface area (Å²) in [6, 6.07) is 3.77. The van der Waals surface area contributed by atoms with Crippen molar-refractivity contribution < 1.29 is 9.47 Å². The van der Waals surface area contributed by atoms with Gasteiger partial charge in [-0.3, -0.25) is 0 Å². The molecule has 0 amide bonds. The van der Waals surface area contributed by atoms with E-state index >= 15 is 0 Å². The van der Waals surface area contributed by atoms with Crippen LogP contribution in [0.2, 0.25) is 5.15 Å². The van der Waals surface area contributed by atoms with Gasteiger partial charge in [-0.15, -0.1) is 0 Å². The summed E-state index contributed by atoms with van der Waals surface area (Å²) in [7, 11) is 1.63. The van der Waals surface area contributed by atoms with Gasteiger partial charge in [-0.05, 0) is 17.5 Å². The molecule has 15 heavy (non-hydrogen) atoms. The normalized spacial score (nSPS) is 10.7. The number of rotatable bonds is 5. The Morgan fingerprint density at radius 1 is 1.33 bits per heavy atom. The molecule has 1 rings (SSSR count). The minimum Gasteiger partial charge on any atom is -0.475 e. The Morgan fingerprint density at radius 3 is 2.67 bits per heavy atom. The Labute approximate surface area is 95.4 Å². The van der Waals surface area contributed by atoms with Crippen molar-refractivity contribution in [2.45, 2.75) is 19.8 Å². The molecule has 0 radical (unpaired) electrons. The van der Waals surface area contributed by atoms with E-state index in [2.05, 4.69) is 18.8 Å². The fourth-order valence-corrected chi connectivity index (χ4v) is 1.34. The Kier molecular flexibility index (Phi) is 4.85. The van der Waals surface area contributed by atoms with Crippen molar-refractivity contribution in [3.05, 3.63) is 22.8 Å². The summed E-state index contributed by atoms with van der Waals surface area (Å²) in [6.45, 7) is 5.24. The third-order valence-electron chi connectivity index (χ3n) is 2.00. The second-order valence-corrected chi connectivity index (χ2v) is 3.94. The van der Waals surface area contributed by atoms with E-state index in [1.54, 1.807) is 7.11 Å². The molecular weight excluding hydrogens is 214 g/mol. The van der Waals surface area contributed by atoms with E-state index in [1.165, 1.54) is 0 Å². The minimum atomic E-state index is 0.412. The second-order valence-electron chi connectivity index (χ2n) is 3.56. The third kappa shape index (κ3) is 4.06. The van der Waals surface area contributed by atoms with Gasteiger partial charge in [0.1, 0.15) is 11.8 Å². The molecular formula is C11H16ClNO2. The van der Waals surface area contributed by atoms with Crippen molar-refractivity contribution in [2.24, 2.45) is 0 Å². The van der Waals surface area contributed by atoms with E-state index in [0.717, 1.165) is 5.56 Å². The van der Waals surface area contributed by atoms with Crippen LogP contribution < -0.4 is 4.74 Å². The van der Waals surface area contributed by atoms with Crippen LogP contribution in [0.25, 0.3) is 0 Å². The number of nitrogens with zero attached hydrogens (tertiary/aromatic N) is 1. The Morgan fingerprint density at radius 2 is 2.07 bits per heavy atom. The number of halogens is 1. The van der Waals surface area contributed by atoms with Crippen molar-refractivity contribution in [1.29, 1.82) is 0 Å². The third-order valence-corrected chi connectivity index (χ3v) is 2.19. The smallest absolute Gasteiger partial charge is 0.214 e. The van der Waals surface area contributed by atoms with Crippen LogP contribution in [0.4, 0.5) is 0 Å². The molecule has 0 saturated carbocycles. The molecule has 0 atom stereocenters. The minimum absolute atomic E-state index is 0.412. The molecule has 0 aliphatic heterocycles. The zero-order chi connectivity index (χ0) is 11.3. The lowest BCUT2D eigenvalue weighted by atomic mass is 10.1. The van der Waals surface area contributed by atoms with Gasteiger partial charge in [0.05, 0.1) is 6.61 Å². The standard InChI is InChI=1S/C11H16ClNO2/c1-8(2)9-6-10(12)13-11(7-9)15-5-4-14-3/h6-8H,4-5H2,1-3H3.